The molecule has 2 aromatic rings. The molecule has 0 unspecified atom stereocenters. The van der Waals surface area contributed by atoms with Crippen LogP contribution in [-0.4, -0.2) is 45.4 Å². The number of Topliss-reactive ketones (excluding diaryl/α,β-unsaturated/α-hetero) is 1. The van der Waals surface area contributed by atoms with Crippen molar-refractivity contribution in [1.82, 2.24) is 9.88 Å². The number of likely N-dealkylation sites (tertiary alicyclic amines) is 1. The molecule has 1 aliphatic rings. The van der Waals surface area contributed by atoms with Gasteiger partial charge in [-0.1, -0.05) is 30.3 Å². The number of aliphatic hydroxyl groups is 1. The number of nitrogens with zero attached hydrogens (tertiary/aromatic N) is 1. The maximum absolute atomic E-state index is 13.2. The third-order valence-corrected chi connectivity index (χ3v) is 5.82. The summed E-state index contributed by atoms with van der Waals surface area (Å²) in [7, 11) is 0. The maximum Gasteiger partial charge on any atom is 0.255 e. The van der Waals surface area contributed by atoms with Gasteiger partial charge in [0.05, 0.1) is 16.9 Å². The molecule has 1 amide bonds. The van der Waals surface area contributed by atoms with Gasteiger partial charge < -0.3 is 15.0 Å². The first-order valence-corrected chi connectivity index (χ1v) is 9.46. The molecule has 0 bridgehead atoms. The second-order valence-corrected chi connectivity index (χ2v) is 7.93. The van der Waals surface area contributed by atoms with Crippen LogP contribution in [0.15, 0.2) is 30.3 Å². The molecular weight excluding hydrogens is 340 g/mol. The van der Waals surface area contributed by atoms with Crippen molar-refractivity contribution in [2.24, 2.45) is 5.92 Å². The number of ketones is 1. The predicted molar refractivity (Wildman–Crippen MR) is 105 cm³/mol. The zero-order valence-electron chi connectivity index (χ0n) is 16.5. The first-order chi connectivity index (χ1) is 12.7. The largest absolute Gasteiger partial charge is 0.390 e. The highest BCUT2D eigenvalue weighted by atomic mass is 16.3. The highest BCUT2D eigenvalue weighted by Gasteiger charge is 2.39. The quantitative estimate of drug-likeness (QED) is 0.814. The summed E-state index contributed by atoms with van der Waals surface area (Å²) >= 11 is 0. The average molecular weight is 368 g/mol. The Balaban J connectivity index is 1.83. The van der Waals surface area contributed by atoms with Crippen molar-refractivity contribution < 1.29 is 14.7 Å². The summed E-state index contributed by atoms with van der Waals surface area (Å²) in [5, 5.41) is 10.9. The Bertz CT molecular complexity index is 852. The fraction of sp³-hybridized carbons (Fsp3) is 0.455. The second-order valence-electron chi connectivity index (χ2n) is 7.93. The van der Waals surface area contributed by atoms with Gasteiger partial charge in [0.25, 0.3) is 5.91 Å². The smallest absolute Gasteiger partial charge is 0.255 e. The van der Waals surface area contributed by atoms with Crippen LogP contribution in [0.5, 0.6) is 0 Å². The molecule has 3 rings (SSSR count). The van der Waals surface area contributed by atoms with Crippen LogP contribution in [0.4, 0.5) is 0 Å². The molecule has 1 aromatic heterocycles. The van der Waals surface area contributed by atoms with Crippen molar-refractivity contribution >= 4 is 11.7 Å². The molecule has 2 atom stereocenters. The summed E-state index contributed by atoms with van der Waals surface area (Å²) < 4.78 is 0. The summed E-state index contributed by atoms with van der Waals surface area (Å²) in [4.78, 5) is 29.9. The van der Waals surface area contributed by atoms with E-state index in [9.17, 15) is 14.7 Å². The highest BCUT2D eigenvalue weighted by Crippen LogP contribution is 2.32. The van der Waals surface area contributed by atoms with E-state index in [2.05, 4.69) is 17.1 Å². The molecule has 2 heterocycles. The fourth-order valence-electron chi connectivity index (χ4n) is 4.07. The summed E-state index contributed by atoms with van der Waals surface area (Å²) in [5.74, 6) is -0.176. The molecule has 5 nitrogen and oxygen atoms in total. The van der Waals surface area contributed by atoms with Gasteiger partial charge in [0.15, 0.2) is 5.78 Å². The number of amides is 1. The van der Waals surface area contributed by atoms with Gasteiger partial charge in [-0.15, -0.1) is 0 Å². The van der Waals surface area contributed by atoms with E-state index in [4.69, 9.17) is 0 Å². The molecule has 1 aromatic carbocycles. The van der Waals surface area contributed by atoms with Crippen LogP contribution in [0.3, 0.4) is 0 Å². The maximum atomic E-state index is 13.2. The Morgan fingerprint density at radius 1 is 1.26 bits per heavy atom. The van der Waals surface area contributed by atoms with Crippen LogP contribution >= 0.6 is 0 Å². The minimum absolute atomic E-state index is 0.0376. The van der Waals surface area contributed by atoms with E-state index in [1.54, 1.807) is 0 Å². The number of carbonyl (C=O) groups excluding carboxylic acids is 2. The monoisotopic (exact) mass is 368 g/mol. The number of hydrogen-bond donors (Lipinski definition) is 2. The van der Waals surface area contributed by atoms with Crippen LogP contribution in [0.25, 0.3) is 0 Å². The van der Waals surface area contributed by atoms with Crippen molar-refractivity contribution in [3.8, 4) is 0 Å². The lowest BCUT2D eigenvalue weighted by Gasteiger charge is -2.43. The van der Waals surface area contributed by atoms with Crippen molar-refractivity contribution in [1.29, 1.82) is 0 Å². The second kappa shape index (κ2) is 7.31. The topological polar surface area (TPSA) is 73.4 Å². The first-order valence-electron chi connectivity index (χ1n) is 9.46. The molecule has 27 heavy (non-hydrogen) atoms. The fourth-order valence-corrected chi connectivity index (χ4v) is 4.07. The van der Waals surface area contributed by atoms with E-state index in [1.807, 2.05) is 43.9 Å². The lowest BCUT2D eigenvalue weighted by molar-refractivity contribution is -0.0507. The van der Waals surface area contributed by atoms with Crippen LogP contribution in [-0.2, 0) is 6.42 Å². The molecule has 2 N–H and O–H groups in total. The molecule has 0 radical (unpaired) electrons. The van der Waals surface area contributed by atoms with E-state index < -0.39 is 5.60 Å². The average Bonchev–Trinajstić information content (AvgIpc) is 2.92. The third kappa shape index (κ3) is 3.83. The van der Waals surface area contributed by atoms with Gasteiger partial charge in [-0.3, -0.25) is 9.59 Å². The number of aromatic amines is 1. The van der Waals surface area contributed by atoms with Gasteiger partial charge in [-0.2, -0.15) is 0 Å². The minimum Gasteiger partial charge on any atom is -0.390 e. The Labute approximate surface area is 160 Å². The molecular formula is C22H28N2O3. The van der Waals surface area contributed by atoms with Gasteiger partial charge in [0.2, 0.25) is 0 Å². The minimum atomic E-state index is -0.806. The lowest BCUT2D eigenvalue weighted by atomic mass is 9.78. The predicted octanol–water partition coefficient (Wildman–Crippen LogP) is 3.29. The Hall–Kier alpha value is -2.40. The zero-order chi connectivity index (χ0) is 19.8. The Morgan fingerprint density at radius 3 is 2.52 bits per heavy atom. The number of aromatic nitrogens is 1. The van der Waals surface area contributed by atoms with Gasteiger partial charge in [0, 0.05) is 31.6 Å². The van der Waals surface area contributed by atoms with Crippen molar-refractivity contribution in [3.63, 3.8) is 0 Å². The number of H-pyrrole nitrogens is 1. The van der Waals surface area contributed by atoms with E-state index in [0.29, 0.717) is 36.3 Å². The molecule has 0 saturated carbocycles. The Kier molecular flexibility index (Phi) is 5.24. The number of rotatable bonds is 4. The highest BCUT2D eigenvalue weighted by molar-refractivity contribution is 6.02. The normalized spacial score (nSPS) is 22.7. The van der Waals surface area contributed by atoms with Gasteiger partial charge in [-0.05, 0) is 44.7 Å². The number of aryl methyl sites for hydroxylation is 1. The summed E-state index contributed by atoms with van der Waals surface area (Å²) in [6.45, 7) is 8.02. The number of piperidine rings is 1. The molecule has 144 valence electrons. The number of carbonyl (C=O) groups is 2. The van der Waals surface area contributed by atoms with Crippen molar-refractivity contribution in [2.45, 2.75) is 46.1 Å². The van der Waals surface area contributed by atoms with Crippen molar-refractivity contribution in [2.75, 3.05) is 13.1 Å². The van der Waals surface area contributed by atoms with Crippen LogP contribution in [0.1, 0.15) is 57.9 Å². The van der Waals surface area contributed by atoms with E-state index in [0.717, 1.165) is 17.7 Å². The van der Waals surface area contributed by atoms with E-state index >= 15 is 0 Å². The standard InChI is InChI=1S/C22H28N2O3/c1-14-19(15(2)23-20(14)16(3)25)21(26)24-11-10-22(4,27)18(13-24)12-17-8-6-5-7-9-17/h5-9,18,23,27H,10-13H2,1-4H3/t18-,22+/m0/s1. The summed E-state index contributed by atoms with van der Waals surface area (Å²) in [6, 6.07) is 10.1. The van der Waals surface area contributed by atoms with Crippen LogP contribution in [0.2, 0.25) is 0 Å². The molecule has 1 saturated heterocycles. The molecule has 1 aliphatic heterocycles. The number of nitrogens with one attached hydrogen (secondary N) is 1. The summed E-state index contributed by atoms with van der Waals surface area (Å²) in [5.41, 5.74) is 2.87. The lowest BCUT2D eigenvalue weighted by Crippen LogP contribution is -2.52. The van der Waals surface area contributed by atoms with Crippen molar-refractivity contribution in [3.05, 3.63) is 58.4 Å². The van der Waals surface area contributed by atoms with Crippen LogP contribution < -0.4 is 0 Å². The summed E-state index contributed by atoms with van der Waals surface area (Å²) in [6.07, 6.45) is 1.26. The Morgan fingerprint density at radius 2 is 1.93 bits per heavy atom. The number of hydrogen-bond acceptors (Lipinski definition) is 3. The molecule has 0 aliphatic carbocycles. The first kappa shape index (κ1) is 19.4. The third-order valence-electron chi connectivity index (χ3n) is 5.82. The number of benzene rings is 1. The van der Waals surface area contributed by atoms with E-state index in [1.165, 1.54) is 6.92 Å². The van der Waals surface area contributed by atoms with Gasteiger partial charge >= 0.3 is 0 Å². The van der Waals surface area contributed by atoms with E-state index in [-0.39, 0.29) is 17.6 Å². The zero-order valence-corrected chi connectivity index (χ0v) is 16.5. The molecule has 5 heteroatoms. The van der Waals surface area contributed by atoms with Crippen LogP contribution in [0, 0.1) is 19.8 Å². The molecule has 0 spiro atoms. The van der Waals surface area contributed by atoms with Gasteiger partial charge in [0.1, 0.15) is 0 Å². The van der Waals surface area contributed by atoms with Gasteiger partial charge in [-0.25, -0.2) is 0 Å². The molecule has 1 fully saturated rings. The SMILES string of the molecule is CC(=O)c1[nH]c(C)c(C(=O)N2CC[C@@](C)(O)[C@@H](Cc3ccccc3)C2)c1C.